The van der Waals surface area contributed by atoms with Gasteiger partial charge >= 0.3 is 0 Å². The van der Waals surface area contributed by atoms with E-state index in [0.717, 1.165) is 22.5 Å². The average Bonchev–Trinajstić information content (AvgIpc) is 2.58. The predicted molar refractivity (Wildman–Crippen MR) is 59.8 cm³/mol. The topological polar surface area (TPSA) is 64.9 Å². The van der Waals surface area contributed by atoms with Crippen molar-refractivity contribution < 1.29 is 4.52 Å². The number of hydrogen-bond donors (Lipinski definition) is 1. The zero-order chi connectivity index (χ0) is 11.2. The molecule has 0 spiro atoms. The summed E-state index contributed by atoms with van der Waals surface area (Å²) in [5, 5.41) is 5.03. The second kappa shape index (κ2) is 3.22. The molecule has 0 saturated carbocycles. The quantitative estimate of drug-likeness (QED) is 0.777. The first-order chi connectivity index (χ1) is 7.02. The molecule has 4 heteroatoms. The van der Waals surface area contributed by atoms with Gasteiger partial charge in [0.25, 0.3) is 0 Å². The Morgan fingerprint density at radius 3 is 2.47 bits per heavy atom. The van der Waals surface area contributed by atoms with Gasteiger partial charge in [0.15, 0.2) is 5.58 Å². The molecule has 0 aliphatic heterocycles. The van der Waals surface area contributed by atoms with Gasteiger partial charge in [-0.25, -0.2) is 0 Å². The number of fused-ring (bicyclic) bond motifs is 1. The van der Waals surface area contributed by atoms with Crippen molar-refractivity contribution in [2.45, 2.75) is 33.6 Å². The Balaban J connectivity index is 2.87. The number of pyridine rings is 1. The van der Waals surface area contributed by atoms with Crippen LogP contribution in [0.3, 0.4) is 0 Å². The Hall–Kier alpha value is -1.58. The van der Waals surface area contributed by atoms with Crippen LogP contribution in [0.5, 0.6) is 0 Å². The highest BCUT2D eigenvalue weighted by molar-refractivity contribution is 5.92. The molecule has 2 heterocycles. The van der Waals surface area contributed by atoms with Gasteiger partial charge in [0.2, 0.25) is 0 Å². The van der Waals surface area contributed by atoms with Crippen LogP contribution in [-0.4, -0.2) is 10.1 Å². The SMILES string of the molecule is Cc1nc(C)c2c(C(C)C)noc2c1N. The summed E-state index contributed by atoms with van der Waals surface area (Å²) in [5.41, 5.74) is 9.83. The van der Waals surface area contributed by atoms with Gasteiger partial charge in [0.05, 0.1) is 28.2 Å². The van der Waals surface area contributed by atoms with Crippen molar-refractivity contribution in [3.8, 4) is 0 Å². The molecule has 0 fully saturated rings. The Kier molecular flexibility index (Phi) is 2.14. The van der Waals surface area contributed by atoms with Gasteiger partial charge in [-0.1, -0.05) is 19.0 Å². The molecule has 0 amide bonds. The lowest BCUT2D eigenvalue weighted by Gasteiger charge is -2.04. The van der Waals surface area contributed by atoms with E-state index in [2.05, 4.69) is 24.0 Å². The van der Waals surface area contributed by atoms with Gasteiger partial charge in [-0.2, -0.15) is 0 Å². The minimum atomic E-state index is 0.314. The molecule has 0 saturated heterocycles. The van der Waals surface area contributed by atoms with Gasteiger partial charge in [0, 0.05) is 0 Å². The molecule has 4 nitrogen and oxygen atoms in total. The van der Waals surface area contributed by atoms with Crippen LogP contribution in [0.1, 0.15) is 36.8 Å². The van der Waals surface area contributed by atoms with Gasteiger partial charge in [-0.05, 0) is 19.8 Å². The Morgan fingerprint density at radius 2 is 1.87 bits per heavy atom. The number of nitrogens with zero attached hydrogens (tertiary/aromatic N) is 2. The minimum absolute atomic E-state index is 0.314. The molecule has 2 rings (SSSR count). The summed E-state index contributed by atoms with van der Waals surface area (Å²) in [6.45, 7) is 7.98. The van der Waals surface area contributed by atoms with Crippen molar-refractivity contribution >= 4 is 16.7 Å². The van der Waals surface area contributed by atoms with E-state index in [-0.39, 0.29) is 0 Å². The van der Waals surface area contributed by atoms with E-state index < -0.39 is 0 Å². The second-order valence-electron chi connectivity index (χ2n) is 4.12. The predicted octanol–water partition coefficient (Wildman–Crippen LogP) is 2.55. The van der Waals surface area contributed by atoms with Crippen LogP contribution in [0.4, 0.5) is 5.69 Å². The zero-order valence-electron chi connectivity index (χ0n) is 9.46. The summed E-state index contributed by atoms with van der Waals surface area (Å²) in [4.78, 5) is 4.39. The monoisotopic (exact) mass is 205 g/mol. The lowest BCUT2D eigenvalue weighted by atomic mass is 10.0. The number of nitrogen functional groups attached to an aromatic ring is 1. The standard InChI is InChI=1S/C11H15N3O/c1-5(2)10-8-6(3)13-7(4)9(12)11(8)15-14-10/h5H,12H2,1-4H3. The normalized spacial score (nSPS) is 11.5. The van der Waals surface area contributed by atoms with Crippen molar-refractivity contribution in [3.05, 3.63) is 17.1 Å². The summed E-state index contributed by atoms with van der Waals surface area (Å²) in [6.07, 6.45) is 0. The largest absolute Gasteiger partial charge is 0.394 e. The summed E-state index contributed by atoms with van der Waals surface area (Å²) >= 11 is 0. The van der Waals surface area contributed by atoms with Gasteiger partial charge in [0.1, 0.15) is 0 Å². The van der Waals surface area contributed by atoms with E-state index >= 15 is 0 Å². The number of rotatable bonds is 1. The molecule has 15 heavy (non-hydrogen) atoms. The third-order valence-electron chi connectivity index (χ3n) is 2.60. The number of aryl methyl sites for hydroxylation is 2. The number of aromatic nitrogens is 2. The number of anilines is 1. The van der Waals surface area contributed by atoms with Crippen LogP contribution >= 0.6 is 0 Å². The van der Waals surface area contributed by atoms with Gasteiger partial charge in [-0.15, -0.1) is 0 Å². The molecule has 2 aromatic rings. The number of hydrogen-bond acceptors (Lipinski definition) is 4. The summed E-state index contributed by atoms with van der Waals surface area (Å²) < 4.78 is 5.29. The second-order valence-corrected chi connectivity index (χ2v) is 4.12. The maximum absolute atomic E-state index is 5.90. The highest BCUT2D eigenvalue weighted by Gasteiger charge is 2.18. The van der Waals surface area contributed by atoms with Crippen LogP contribution in [-0.2, 0) is 0 Å². The first kappa shape index (κ1) is 9.96. The van der Waals surface area contributed by atoms with E-state index in [0.29, 0.717) is 17.2 Å². The average molecular weight is 205 g/mol. The molecule has 0 bridgehead atoms. The van der Waals surface area contributed by atoms with Crippen LogP contribution in [0.15, 0.2) is 4.52 Å². The Labute approximate surface area is 88.5 Å². The van der Waals surface area contributed by atoms with Crippen LogP contribution in [0.25, 0.3) is 11.0 Å². The fraction of sp³-hybridized carbons (Fsp3) is 0.455. The van der Waals surface area contributed by atoms with E-state index in [4.69, 9.17) is 10.3 Å². The molecule has 0 aliphatic rings. The zero-order valence-corrected chi connectivity index (χ0v) is 9.46. The lowest BCUT2D eigenvalue weighted by molar-refractivity contribution is 0.442. The maximum atomic E-state index is 5.90. The fourth-order valence-electron chi connectivity index (χ4n) is 1.76. The lowest BCUT2D eigenvalue weighted by Crippen LogP contribution is -1.97. The fourth-order valence-corrected chi connectivity index (χ4v) is 1.76. The molecule has 0 unspecified atom stereocenters. The third kappa shape index (κ3) is 1.37. The van der Waals surface area contributed by atoms with E-state index in [1.54, 1.807) is 0 Å². The van der Waals surface area contributed by atoms with E-state index in [1.165, 1.54) is 0 Å². The highest BCUT2D eigenvalue weighted by Crippen LogP contribution is 2.31. The van der Waals surface area contributed by atoms with Crippen molar-refractivity contribution in [1.29, 1.82) is 0 Å². The summed E-state index contributed by atoms with van der Waals surface area (Å²) in [5.74, 6) is 0.314. The Morgan fingerprint density at radius 1 is 1.20 bits per heavy atom. The molecule has 0 aromatic carbocycles. The van der Waals surface area contributed by atoms with Crippen LogP contribution in [0.2, 0.25) is 0 Å². The molecular formula is C11H15N3O. The minimum Gasteiger partial charge on any atom is -0.394 e. The molecular weight excluding hydrogens is 190 g/mol. The van der Waals surface area contributed by atoms with E-state index in [1.807, 2.05) is 13.8 Å². The first-order valence-corrected chi connectivity index (χ1v) is 5.04. The summed E-state index contributed by atoms with van der Waals surface area (Å²) in [6, 6.07) is 0. The first-order valence-electron chi connectivity index (χ1n) is 5.04. The number of nitrogens with two attached hydrogens (primary N) is 1. The van der Waals surface area contributed by atoms with Crippen molar-refractivity contribution in [2.24, 2.45) is 0 Å². The molecule has 80 valence electrons. The molecule has 2 aromatic heterocycles. The van der Waals surface area contributed by atoms with Crippen molar-refractivity contribution in [1.82, 2.24) is 10.1 Å². The van der Waals surface area contributed by atoms with E-state index in [9.17, 15) is 0 Å². The molecule has 0 atom stereocenters. The van der Waals surface area contributed by atoms with Crippen molar-refractivity contribution in [2.75, 3.05) is 5.73 Å². The van der Waals surface area contributed by atoms with Crippen LogP contribution in [0, 0.1) is 13.8 Å². The van der Waals surface area contributed by atoms with Crippen LogP contribution < -0.4 is 5.73 Å². The molecule has 2 N–H and O–H groups in total. The van der Waals surface area contributed by atoms with Crippen molar-refractivity contribution in [3.63, 3.8) is 0 Å². The third-order valence-corrected chi connectivity index (χ3v) is 2.60. The van der Waals surface area contributed by atoms with Gasteiger partial charge in [-0.3, -0.25) is 4.98 Å². The molecule has 0 radical (unpaired) electrons. The molecule has 0 aliphatic carbocycles. The smallest absolute Gasteiger partial charge is 0.193 e. The maximum Gasteiger partial charge on any atom is 0.193 e. The van der Waals surface area contributed by atoms with Gasteiger partial charge < -0.3 is 10.3 Å². The summed E-state index contributed by atoms with van der Waals surface area (Å²) in [7, 11) is 0. The highest BCUT2D eigenvalue weighted by atomic mass is 16.5. The Bertz CT molecular complexity index is 514.